The predicted octanol–water partition coefficient (Wildman–Crippen LogP) is 2.43. The van der Waals surface area contributed by atoms with Crippen molar-refractivity contribution in [3.8, 4) is 0 Å². The van der Waals surface area contributed by atoms with E-state index < -0.39 is 23.3 Å². The van der Waals surface area contributed by atoms with Gasteiger partial charge in [-0.2, -0.15) is 0 Å². The number of carbonyl (C=O) groups is 2. The number of aromatic nitrogens is 3. The van der Waals surface area contributed by atoms with Gasteiger partial charge < -0.3 is 10.4 Å². The average molecular weight is 465 g/mol. The Bertz CT molecular complexity index is 1440. The third-order valence-electron chi connectivity index (χ3n) is 5.32. The van der Waals surface area contributed by atoms with Crippen molar-refractivity contribution in [2.45, 2.75) is 19.4 Å². The number of carboxylic acid groups (broad SMARTS) is 1. The number of aromatic amines is 1. The summed E-state index contributed by atoms with van der Waals surface area (Å²) in [5.74, 6) is -1.38. The van der Waals surface area contributed by atoms with Gasteiger partial charge in [-0.3, -0.25) is 24.1 Å². The maximum Gasteiger partial charge on any atom is 0.335 e. The molecule has 1 aromatic carbocycles. The molecule has 33 heavy (non-hydrogen) atoms. The Labute approximate surface area is 191 Å². The van der Waals surface area contributed by atoms with Gasteiger partial charge in [-0.1, -0.05) is 12.1 Å². The van der Waals surface area contributed by atoms with Gasteiger partial charge in [0.25, 0.3) is 11.5 Å². The number of carbonyl (C=O) groups excluding carboxylic acids is 1. The molecule has 168 valence electrons. The van der Waals surface area contributed by atoms with Gasteiger partial charge in [0.05, 0.1) is 21.9 Å². The maximum absolute atomic E-state index is 13.1. The highest BCUT2D eigenvalue weighted by Gasteiger charge is 2.19. The van der Waals surface area contributed by atoms with E-state index in [1.165, 1.54) is 18.2 Å². The number of aromatic carboxylic acids is 1. The van der Waals surface area contributed by atoms with Crippen molar-refractivity contribution in [2.24, 2.45) is 0 Å². The number of H-pyrrole nitrogens is 1. The number of fused-ring (bicyclic) bond motifs is 1. The third kappa shape index (κ3) is 4.60. The number of hydrogen-bond donors (Lipinski definition) is 3. The molecule has 9 nitrogen and oxygen atoms in total. The number of rotatable bonds is 7. The lowest BCUT2D eigenvalue weighted by Crippen LogP contribution is -2.37. The summed E-state index contributed by atoms with van der Waals surface area (Å²) in [7, 11) is 0. The van der Waals surface area contributed by atoms with E-state index in [1.54, 1.807) is 31.5 Å². The van der Waals surface area contributed by atoms with Crippen molar-refractivity contribution in [2.75, 3.05) is 6.54 Å². The predicted molar refractivity (Wildman–Crippen MR) is 124 cm³/mol. The van der Waals surface area contributed by atoms with Crippen LogP contribution in [-0.4, -0.2) is 38.1 Å². The number of hydrogen-bond acceptors (Lipinski definition) is 6. The summed E-state index contributed by atoms with van der Waals surface area (Å²) in [5, 5.41) is 12.1. The lowest BCUT2D eigenvalue weighted by Gasteiger charge is -2.14. The SMILES string of the molecule is CC(c1ccc(C(=O)O)cc1)n1c(=O)[nH]c2sc(C(=O)NCCc3ccncc3)cc2c1=O. The van der Waals surface area contributed by atoms with Gasteiger partial charge in [0, 0.05) is 18.9 Å². The van der Waals surface area contributed by atoms with Gasteiger partial charge in [-0.05, 0) is 54.8 Å². The van der Waals surface area contributed by atoms with Crippen LogP contribution in [0.2, 0.25) is 0 Å². The van der Waals surface area contributed by atoms with E-state index in [9.17, 15) is 19.2 Å². The van der Waals surface area contributed by atoms with Gasteiger partial charge in [-0.25, -0.2) is 9.59 Å². The number of nitrogens with zero attached hydrogens (tertiary/aromatic N) is 2. The molecule has 4 rings (SSSR count). The molecule has 0 aliphatic carbocycles. The molecule has 1 unspecified atom stereocenters. The highest BCUT2D eigenvalue weighted by Crippen LogP contribution is 2.22. The van der Waals surface area contributed by atoms with Crippen molar-refractivity contribution >= 4 is 33.4 Å². The van der Waals surface area contributed by atoms with Gasteiger partial charge >= 0.3 is 11.7 Å². The number of nitrogens with one attached hydrogen (secondary N) is 2. The molecule has 3 heterocycles. The highest BCUT2D eigenvalue weighted by atomic mass is 32.1. The fourth-order valence-corrected chi connectivity index (χ4v) is 4.45. The van der Waals surface area contributed by atoms with Crippen molar-refractivity contribution in [3.63, 3.8) is 0 Å². The van der Waals surface area contributed by atoms with E-state index in [-0.39, 0.29) is 16.9 Å². The van der Waals surface area contributed by atoms with E-state index in [1.807, 2.05) is 12.1 Å². The molecule has 4 aromatic rings. The zero-order valence-corrected chi connectivity index (χ0v) is 18.4. The van der Waals surface area contributed by atoms with Crippen molar-refractivity contribution in [1.29, 1.82) is 0 Å². The Kier molecular flexibility index (Phi) is 6.18. The molecule has 1 amide bonds. The fraction of sp³-hybridized carbons (Fsp3) is 0.174. The summed E-state index contributed by atoms with van der Waals surface area (Å²) < 4.78 is 1.07. The second kappa shape index (κ2) is 9.21. The van der Waals surface area contributed by atoms with Crippen LogP contribution in [0, 0.1) is 0 Å². The highest BCUT2D eigenvalue weighted by molar-refractivity contribution is 7.20. The maximum atomic E-state index is 13.1. The second-order valence-electron chi connectivity index (χ2n) is 7.42. The molecule has 0 spiro atoms. The van der Waals surface area contributed by atoms with E-state index in [0.717, 1.165) is 21.5 Å². The molecule has 0 saturated carbocycles. The van der Waals surface area contributed by atoms with Crippen molar-refractivity contribution < 1.29 is 14.7 Å². The van der Waals surface area contributed by atoms with Crippen LogP contribution in [0.25, 0.3) is 10.2 Å². The van der Waals surface area contributed by atoms with Crippen LogP contribution in [0.4, 0.5) is 0 Å². The Morgan fingerprint density at radius 1 is 1.15 bits per heavy atom. The number of benzene rings is 1. The zero-order chi connectivity index (χ0) is 23.5. The first-order valence-electron chi connectivity index (χ1n) is 10.1. The Morgan fingerprint density at radius 3 is 2.52 bits per heavy atom. The summed E-state index contributed by atoms with van der Waals surface area (Å²) in [6.07, 6.45) is 4.01. The summed E-state index contributed by atoms with van der Waals surface area (Å²) in [6.45, 7) is 2.10. The summed E-state index contributed by atoms with van der Waals surface area (Å²) in [5.41, 5.74) is 0.639. The fourth-order valence-electron chi connectivity index (χ4n) is 3.50. The second-order valence-corrected chi connectivity index (χ2v) is 8.48. The minimum atomic E-state index is -1.06. The van der Waals surface area contributed by atoms with Gasteiger partial charge in [0.2, 0.25) is 0 Å². The molecule has 0 aliphatic rings. The van der Waals surface area contributed by atoms with E-state index >= 15 is 0 Å². The van der Waals surface area contributed by atoms with E-state index in [4.69, 9.17) is 5.11 Å². The molecule has 0 radical (unpaired) electrons. The third-order valence-corrected chi connectivity index (χ3v) is 6.37. The van der Waals surface area contributed by atoms with Crippen LogP contribution in [0.1, 0.15) is 44.1 Å². The molecule has 3 N–H and O–H groups in total. The van der Waals surface area contributed by atoms with Crippen LogP contribution in [0.15, 0.2) is 64.4 Å². The molecule has 0 aliphatic heterocycles. The lowest BCUT2D eigenvalue weighted by atomic mass is 10.1. The molecule has 1 atom stereocenters. The molecular weight excluding hydrogens is 444 g/mol. The zero-order valence-electron chi connectivity index (χ0n) is 17.6. The minimum Gasteiger partial charge on any atom is -0.478 e. The minimum absolute atomic E-state index is 0.111. The van der Waals surface area contributed by atoms with Gasteiger partial charge in [0.1, 0.15) is 4.83 Å². The molecule has 3 aromatic heterocycles. The standard InChI is InChI=1S/C23H20N4O5S/c1-13(15-2-4-16(5-3-15)22(30)31)27-21(29)17-12-18(33-20(17)26-23(27)32)19(28)25-11-8-14-6-9-24-10-7-14/h2-7,9-10,12-13H,8,11H2,1H3,(H,25,28)(H,26,32)(H,30,31). The van der Waals surface area contributed by atoms with Gasteiger partial charge in [0.15, 0.2) is 0 Å². The van der Waals surface area contributed by atoms with E-state index in [0.29, 0.717) is 28.2 Å². The van der Waals surface area contributed by atoms with E-state index in [2.05, 4.69) is 15.3 Å². The smallest absolute Gasteiger partial charge is 0.335 e. The van der Waals surface area contributed by atoms with Crippen LogP contribution in [0.5, 0.6) is 0 Å². The summed E-state index contributed by atoms with van der Waals surface area (Å²) in [6, 6.07) is 10.6. The quantitative estimate of drug-likeness (QED) is 0.385. The van der Waals surface area contributed by atoms with Crippen LogP contribution in [0.3, 0.4) is 0 Å². The number of pyridine rings is 1. The molecule has 0 bridgehead atoms. The Balaban J connectivity index is 1.58. The van der Waals surface area contributed by atoms with Crippen LogP contribution < -0.4 is 16.6 Å². The van der Waals surface area contributed by atoms with Gasteiger partial charge in [-0.15, -0.1) is 11.3 Å². The first-order chi connectivity index (χ1) is 15.8. The number of carboxylic acids is 1. The first-order valence-corrected chi connectivity index (χ1v) is 11.0. The van der Waals surface area contributed by atoms with Crippen LogP contribution in [-0.2, 0) is 6.42 Å². The topological polar surface area (TPSA) is 134 Å². The first kappa shape index (κ1) is 22.2. The van der Waals surface area contributed by atoms with Crippen molar-refractivity contribution in [3.05, 3.63) is 97.3 Å². The average Bonchev–Trinajstić information content (AvgIpc) is 3.24. The lowest BCUT2D eigenvalue weighted by molar-refractivity contribution is 0.0696. The van der Waals surface area contributed by atoms with Crippen molar-refractivity contribution in [1.82, 2.24) is 19.9 Å². The molecule has 10 heteroatoms. The monoisotopic (exact) mass is 464 g/mol. The summed E-state index contributed by atoms with van der Waals surface area (Å²) >= 11 is 1.05. The number of thiophene rings is 1. The molecule has 0 fully saturated rings. The largest absolute Gasteiger partial charge is 0.478 e. The number of amides is 1. The summed E-state index contributed by atoms with van der Waals surface area (Å²) in [4.78, 5) is 56.7. The Morgan fingerprint density at radius 2 is 1.85 bits per heavy atom. The normalized spacial score (nSPS) is 11.9. The van der Waals surface area contributed by atoms with Crippen LogP contribution >= 0.6 is 11.3 Å². The Hall–Kier alpha value is -4.05. The molecular formula is C23H20N4O5S. The molecule has 0 saturated heterocycles.